The summed E-state index contributed by atoms with van der Waals surface area (Å²) in [6.07, 6.45) is 1.58. The van der Waals surface area contributed by atoms with Gasteiger partial charge in [-0.3, -0.25) is 10.1 Å². The Balaban J connectivity index is 2.34. The minimum absolute atomic E-state index is 0.0577. The van der Waals surface area contributed by atoms with Crippen molar-refractivity contribution in [1.29, 1.82) is 0 Å². The summed E-state index contributed by atoms with van der Waals surface area (Å²) in [5, 5.41) is 4.87. The van der Waals surface area contributed by atoms with Gasteiger partial charge in [-0.1, -0.05) is 6.07 Å². The van der Waals surface area contributed by atoms with Crippen molar-refractivity contribution in [2.45, 2.75) is 38.1 Å². The van der Waals surface area contributed by atoms with E-state index >= 15 is 0 Å². The highest BCUT2D eigenvalue weighted by Gasteiger charge is 2.23. The van der Waals surface area contributed by atoms with Gasteiger partial charge >= 0.3 is 0 Å². The Labute approximate surface area is 140 Å². The Morgan fingerprint density at radius 3 is 2.52 bits per heavy atom. The highest BCUT2D eigenvalue weighted by molar-refractivity contribution is 7.89. The molecule has 0 saturated carbocycles. The van der Waals surface area contributed by atoms with Gasteiger partial charge in [-0.15, -0.1) is 11.3 Å². The average Bonchev–Trinajstić information content (AvgIpc) is 2.88. The lowest BCUT2D eigenvalue weighted by molar-refractivity contribution is 0.102. The van der Waals surface area contributed by atoms with E-state index < -0.39 is 15.6 Å². The quantitative estimate of drug-likeness (QED) is 0.885. The lowest BCUT2D eigenvalue weighted by Gasteiger charge is -2.20. The van der Waals surface area contributed by atoms with Gasteiger partial charge in [0.15, 0.2) is 5.13 Å². The number of anilines is 1. The third kappa shape index (κ3) is 4.60. The number of aryl methyl sites for hydroxylation is 1. The molecule has 0 aliphatic carbocycles. The molecule has 0 aliphatic rings. The monoisotopic (exact) mass is 353 g/mol. The molecule has 1 aromatic heterocycles. The molecule has 1 amide bonds. The van der Waals surface area contributed by atoms with Crippen LogP contribution in [0.4, 0.5) is 5.13 Å². The molecule has 124 valence electrons. The largest absolute Gasteiger partial charge is 0.298 e. The number of nitrogens with one attached hydrogen (secondary N) is 2. The third-order valence-electron chi connectivity index (χ3n) is 2.86. The number of aromatic nitrogens is 1. The molecule has 0 fully saturated rings. The molecule has 6 nitrogen and oxygen atoms in total. The number of hydrogen-bond donors (Lipinski definition) is 2. The van der Waals surface area contributed by atoms with E-state index in [2.05, 4.69) is 15.0 Å². The first-order valence-electron chi connectivity index (χ1n) is 6.94. The summed E-state index contributed by atoms with van der Waals surface area (Å²) >= 11 is 1.30. The van der Waals surface area contributed by atoms with Gasteiger partial charge in [-0.25, -0.2) is 18.1 Å². The zero-order chi connectivity index (χ0) is 17.3. The molecule has 0 aliphatic heterocycles. The molecule has 0 unspecified atom stereocenters. The highest BCUT2D eigenvalue weighted by Crippen LogP contribution is 2.19. The number of thiazole rings is 1. The molecular weight excluding hydrogens is 334 g/mol. The molecule has 2 N–H and O–H groups in total. The van der Waals surface area contributed by atoms with E-state index in [0.717, 1.165) is 0 Å². The first-order valence-corrected chi connectivity index (χ1v) is 9.30. The molecule has 1 aromatic carbocycles. The van der Waals surface area contributed by atoms with Gasteiger partial charge < -0.3 is 0 Å². The number of benzene rings is 1. The van der Waals surface area contributed by atoms with E-state index in [1.54, 1.807) is 45.3 Å². The number of amides is 1. The Hall–Kier alpha value is -1.77. The van der Waals surface area contributed by atoms with Crippen LogP contribution in [0.1, 0.15) is 36.7 Å². The summed E-state index contributed by atoms with van der Waals surface area (Å²) in [4.78, 5) is 16.4. The maximum Gasteiger partial charge on any atom is 0.257 e. The second-order valence-electron chi connectivity index (χ2n) is 6.12. The molecule has 1 heterocycles. The standard InChI is InChI=1S/C15H19N3O3S2/c1-10-5-6-11(23(20,21)18-15(2,3)4)9-12(10)13(19)17-14-16-7-8-22-14/h5-9,18H,1-4H3,(H,16,17,19). The summed E-state index contributed by atoms with van der Waals surface area (Å²) < 4.78 is 27.4. The predicted molar refractivity (Wildman–Crippen MR) is 91.3 cm³/mol. The fourth-order valence-corrected chi connectivity index (χ4v) is 3.89. The molecule has 0 atom stereocenters. The van der Waals surface area contributed by atoms with E-state index in [9.17, 15) is 13.2 Å². The van der Waals surface area contributed by atoms with E-state index in [0.29, 0.717) is 16.3 Å². The molecule has 0 spiro atoms. The summed E-state index contributed by atoms with van der Waals surface area (Å²) in [6.45, 7) is 7.03. The number of rotatable bonds is 4. The van der Waals surface area contributed by atoms with Crippen LogP contribution >= 0.6 is 11.3 Å². The first-order chi connectivity index (χ1) is 10.6. The van der Waals surface area contributed by atoms with Gasteiger partial charge in [0.1, 0.15) is 0 Å². The topological polar surface area (TPSA) is 88.2 Å². The number of sulfonamides is 1. The van der Waals surface area contributed by atoms with Gasteiger partial charge in [0.2, 0.25) is 10.0 Å². The smallest absolute Gasteiger partial charge is 0.257 e. The van der Waals surface area contributed by atoms with Crippen molar-refractivity contribution in [3.63, 3.8) is 0 Å². The van der Waals surface area contributed by atoms with Gasteiger partial charge in [0, 0.05) is 22.7 Å². The van der Waals surface area contributed by atoms with Gasteiger partial charge in [-0.2, -0.15) is 0 Å². The Bertz CT molecular complexity index is 807. The van der Waals surface area contributed by atoms with Crippen molar-refractivity contribution in [3.8, 4) is 0 Å². The lowest BCUT2D eigenvalue weighted by Crippen LogP contribution is -2.40. The summed E-state index contributed by atoms with van der Waals surface area (Å²) in [6, 6.07) is 4.49. The third-order valence-corrected chi connectivity index (χ3v) is 5.30. The zero-order valence-electron chi connectivity index (χ0n) is 13.4. The van der Waals surface area contributed by atoms with E-state index in [4.69, 9.17) is 0 Å². The number of nitrogens with zero attached hydrogens (tertiary/aromatic N) is 1. The van der Waals surface area contributed by atoms with Crippen LogP contribution in [0.3, 0.4) is 0 Å². The fourth-order valence-electron chi connectivity index (χ4n) is 1.92. The van der Waals surface area contributed by atoms with Crippen molar-refractivity contribution in [3.05, 3.63) is 40.9 Å². The minimum Gasteiger partial charge on any atom is -0.298 e. The second kappa shape index (κ2) is 6.38. The van der Waals surface area contributed by atoms with E-state index in [-0.39, 0.29) is 10.8 Å². The van der Waals surface area contributed by atoms with Crippen molar-refractivity contribution in [1.82, 2.24) is 9.71 Å². The summed E-state index contributed by atoms with van der Waals surface area (Å²) in [7, 11) is -3.70. The summed E-state index contributed by atoms with van der Waals surface area (Å²) in [5.41, 5.74) is 0.387. The van der Waals surface area contributed by atoms with E-state index in [1.165, 1.54) is 23.5 Å². The van der Waals surface area contributed by atoms with Crippen LogP contribution in [0, 0.1) is 6.92 Å². The van der Waals surface area contributed by atoms with Crippen molar-refractivity contribution < 1.29 is 13.2 Å². The highest BCUT2D eigenvalue weighted by atomic mass is 32.2. The van der Waals surface area contributed by atoms with Crippen molar-refractivity contribution >= 4 is 32.4 Å². The molecule has 23 heavy (non-hydrogen) atoms. The normalized spacial score (nSPS) is 12.2. The fraction of sp³-hybridized carbons (Fsp3) is 0.333. The number of carbonyl (C=O) groups excluding carboxylic acids is 1. The van der Waals surface area contributed by atoms with E-state index in [1.807, 2.05) is 0 Å². The molecular formula is C15H19N3O3S2. The number of carbonyl (C=O) groups is 1. The first kappa shape index (κ1) is 17.6. The summed E-state index contributed by atoms with van der Waals surface area (Å²) in [5.74, 6) is -0.384. The van der Waals surface area contributed by atoms with Crippen LogP contribution in [0.25, 0.3) is 0 Å². The Morgan fingerprint density at radius 1 is 1.26 bits per heavy atom. The average molecular weight is 353 g/mol. The van der Waals surface area contributed by atoms with Gasteiger partial charge in [0.25, 0.3) is 5.91 Å². The van der Waals surface area contributed by atoms with Gasteiger partial charge in [0.05, 0.1) is 4.90 Å². The maximum absolute atomic E-state index is 12.4. The molecule has 2 aromatic rings. The SMILES string of the molecule is Cc1ccc(S(=O)(=O)NC(C)(C)C)cc1C(=O)Nc1nccs1. The zero-order valence-corrected chi connectivity index (χ0v) is 15.0. The molecule has 8 heteroatoms. The van der Waals surface area contributed by atoms with Crippen LogP contribution < -0.4 is 10.0 Å². The van der Waals surface area contributed by atoms with Crippen LogP contribution in [0.2, 0.25) is 0 Å². The van der Waals surface area contributed by atoms with Crippen molar-refractivity contribution in [2.75, 3.05) is 5.32 Å². The van der Waals surface area contributed by atoms with Crippen LogP contribution in [-0.2, 0) is 10.0 Å². The Morgan fingerprint density at radius 2 is 1.96 bits per heavy atom. The van der Waals surface area contributed by atoms with Crippen LogP contribution in [-0.4, -0.2) is 24.8 Å². The number of hydrogen-bond acceptors (Lipinski definition) is 5. The lowest BCUT2D eigenvalue weighted by atomic mass is 10.1. The molecule has 0 radical (unpaired) electrons. The molecule has 2 rings (SSSR count). The van der Waals surface area contributed by atoms with Gasteiger partial charge in [-0.05, 0) is 45.4 Å². The predicted octanol–water partition coefficient (Wildman–Crippen LogP) is 2.78. The molecule has 0 bridgehead atoms. The minimum atomic E-state index is -3.70. The van der Waals surface area contributed by atoms with Crippen LogP contribution in [0.5, 0.6) is 0 Å². The maximum atomic E-state index is 12.4. The van der Waals surface area contributed by atoms with Crippen molar-refractivity contribution in [2.24, 2.45) is 0 Å². The Kier molecular flexibility index (Phi) is 4.88. The molecule has 0 saturated heterocycles. The second-order valence-corrected chi connectivity index (χ2v) is 8.70. The van der Waals surface area contributed by atoms with Crippen LogP contribution in [0.15, 0.2) is 34.7 Å².